The van der Waals surface area contributed by atoms with E-state index in [4.69, 9.17) is 10.5 Å². The van der Waals surface area contributed by atoms with Crippen molar-refractivity contribution in [3.05, 3.63) is 4.88 Å². The van der Waals surface area contributed by atoms with Gasteiger partial charge in [-0.15, -0.1) is 0 Å². The van der Waals surface area contributed by atoms with Gasteiger partial charge in [-0.25, -0.2) is 4.98 Å². The topological polar surface area (TPSA) is 89.3 Å². The highest BCUT2D eigenvalue weighted by atomic mass is 32.1. The highest BCUT2D eigenvalue weighted by Gasteiger charge is 2.19. The molecule has 0 aliphatic heterocycles. The Morgan fingerprint density at radius 3 is 2.75 bits per heavy atom. The molecule has 0 radical (unpaired) electrons. The zero-order valence-electron chi connectivity index (χ0n) is 12.5. The van der Waals surface area contributed by atoms with E-state index in [0.29, 0.717) is 16.6 Å². The molecule has 20 heavy (non-hydrogen) atoms. The maximum atomic E-state index is 12.2. The Labute approximate surface area is 124 Å². The lowest BCUT2D eigenvalue weighted by atomic mass is 10.2. The normalized spacial score (nSPS) is 12.4. The number of anilines is 2. The van der Waals surface area contributed by atoms with Gasteiger partial charge in [0.2, 0.25) is 0 Å². The highest BCUT2D eigenvalue weighted by molar-refractivity contribution is 7.18. The molecule has 0 aromatic carbocycles. The van der Waals surface area contributed by atoms with Crippen LogP contribution in [0.25, 0.3) is 0 Å². The fourth-order valence-electron chi connectivity index (χ4n) is 1.80. The van der Waals surface area contributed by atoms with Gasteiger partial charge in [0.05, 0.1) is 12.6 Å². The second kappa shape index (κ2) is 8.06. The number of carbonyl (C=O) groups is 1. The van der Waals surface area contributed by atoms with E-state index in [0.717, 1.165) is 12.8 Å². The van der Waals surface area contributed by atoms with Crippen molar-refractivity contribution in [2.24, 2.45) is 0 Å². The number of carbonyl (C=O) groups excluding carboxylic acids is 1. The Morgan fingerprint density at radius 1 is 1.50 bits per heavy atom. The average molecular weight is 300 g/mol. The van der Waals surface area contributed by atoms with Crippen molar-refractivity contribution in [1.82, 2.24) is 10.3 Å². The maximum absolute atomic E-state index is 12.2. The molecular formula is C13H24N4O2S. The van der Waals surface area contributed by atoms with Crippen molar-refractivity contribution in [1.29, 1.82) is 0 Å². The highest BCUT2D eigenvalue weighted by Crippen LogP contribution is 2.25. The van der Waals surface area contributed by atoms with E-state index in [9.17, 15) is 4.79 Å². The summed E-state index contributed by atoms with van der Waals surface area (Å²) in [6.45, 7) is 6.58. The summed E-state index contributed by atoms with van der Waals surface area (Å²) in [4.78, 5) is 16.8. The summed E-state index contributed by atoms with van der Waals surface area (Å²) in [5, 5.41) is 6.76. The summed E-state index contributed by atoms with van der Waals surface area (Å²) in [5.74, 6) is 0.0793. The fraction of sp³-hybridized carbons (Fsp3) is 0.692. The monoisotopic (exact) mass is 300 g/mol. The van der Waals surface area contributed by atoms with E-state index in [1.807, 2.05) is 13.8 Å². The van der Waals surface area contributed by atoms with Gasteiger partial charge in [-0.3, -0.25) is 4.79 Å². The van der Waals surface area contributed by atoms with Gasteiger partial charge in [-0.1, -0.05) is 24.7 Å². The van der Waals surface area contributed by atoms with Gasteiger partial charge < -0.3 is 21.1 Å². The molecule has 0 aliphatic rings. The number of hydrogen-bond donors (Lipinski definition) is 3. The van der Waals surface area contributed by atoms with Crippen LogP contribution in [0.1, 0.15) is 43.3 Å². The lowest BCUT2D eigenvalue weighted by Crippen LogP contribution is -2.37. The van der Waals surface area contributed by atoms with E-state index >= 15 is 0 Å². The van der Waals surface area contributed by atoms with Gasteiger partial charge in [0.15, 0.2) is 5.13 Å². The molecule has 0 saturated heterocycles. The molecule has 4 N–H and O–H groups in total. The smallest absolute Gasteiger partial charge is 0.265 e. The van der Waals surface area contributed by atoms with Crippen molar-refractivity contribution < 1.29 is 9.53 Å². The number of hydrogen-bond acceptors (Lipinski definition) is 6. The van der Waals surface area contributed by atoms with Gasteiger partial charge in [0, 0.05) is 13.2 Å². The summed E-state index contributed by atoms with van der Waals surface area (Å²) in [6, 6.07) is 0.248. The van der Waals surface area contributed by atoms with E-state index in [1.54, 1.807) is 7.11 Å². The second-order valence-corrected chi connectivity index (χ2v) is 5.95. The summed E-state index contributed by atoms with van der Waals surface area (Å²) < 4.78 is 5.11. The van der Waals surface area contributed by atoms with Crippen molar-refractivity contribution in [3.63, 3.8) is 0 Å². The predicted molar refractivity (Wildman–Crippen MR) is 83.3 cm³/mol. The summed E-state index contributed by atoms with van der Waals surface area (Å²) in [6.07, 6.45) is 1.85. The Bertz CT molecular complexity index is 428. The van der Waals surface area contributed by atoms with Crippen LogP contribution in [0.4, 0.5) is 10.9 Å². The molecular weight excluding hydrogens is 276 g/mol. The van der Waals surface area contributed by atoms with E-state index in [1.165, 1.54) is 11.3 Å². The lowest BCUT2D eigenvalue weighted by molar-refractivity contribution is 0.0896. The van der Waals surface area contributed by atoms with Crippen LogP contribution < -0.4 is 16.4 Å². The minimum atomic E-state index is -0.188. The van der Waals surface area contributed by atoms with E-state index in [-0.39, 0.29) is 23.8 Å². The van der Waals surface area contributed by atoms with Crippen molar-refractivity contribution in [3.8, 4) is 0 Å². The number of rotatable bonds is 8. The Morgan fingerprint density at radius 2 is 2.20 bits per heavy atom. The van der Waals surface area contributed by atoms with Crippen molar-refractivity contribution >= 4 is 28.2 Å². The Hall–Kier alpha value is -1.34. The standard InChI is InChI=1S/C13H24N4O2S/c1-5-6-9(7-19-4)16-12(18)10-11(14)17-13(20-10)15-8(2)3/h8-9H,5-7,14H2,1-4H3,(H,15,17)(H,16,18). The minimum Gasteiger partial charge on any atom is -0.383 e. The number of nitrogen functional groups attached to an aromatic ring is 1. The first-order chi connectivity index (χ1) is 9.47. The number of nitrogens with one attached hydrogen (secondary N) is 2. The van der Waals surface area contributed by atoms with Crippen LogP contribution in [0.15, 0.2) is 0 Å². The van der Waals surface area contributed by atoms with Gasteiger partial charge in [-0.2, -0.15) is 0 Å². The molecule has 7 heteroatoms. The summed E-state index contributed by atoms with van der Waals surface area (Å²) in [7, 11) is 1.63. The van der Waals surface area contributed by atoms with Crippen molar-refractivity contribution in [2.45, 2.75) is 45.7 Å². The number of aromatic nitrogens is 1. The van der Waals surface area contributed by atoms with Crippen LogP contribution in [-0.2, 0) is 4.74 Å². The first kappa shape index (κ1) is 16.7. The molecule has 0 spiro atoms. The van der Waals surface area contributed by atoms with Crippen LogP contribution in [0, 0.1) is 0 Å². The first-order valence-electron chi connectivity index (χ1n) is 6.80. The Balaban J connectivity index is 2.73. The zero-order valence-corrected chi connectivity index (χ0v) is 13.3. The maximum Gasteiger partial charge on any atom is 0.265 e. The number of amides is 1. The molecule has 1 aromatic rings. The molecule has 1 rings (SSSR count). The number of methoxy groups -OCH3 is 1. The second-order valence-electron chi connectivity index (χ2n) is 4.95. The molecule has 0 fully saturated rings. The summed E-state index contributed by atoms with van der Waals surface area (Å²) in [5.41, 5.74) is 5.81. The third-order valence-electron chi connectivity index (χ3n) is 2.61. The van der Waals surface area contributed by atoms with Crippen molar-refractivity contribution in [2.75, 3.05) is 24.8 Å². The quantitative estimate of drug-likeness (QED) is 0.684. The molecule has 0 saturated carbocycles. The van der Waals surface area contributed by atoms with Crippen LogP contribution in [-0.4, -0.2) is 36.7 Å². The third-order valence-corrected chi connectivity index (χ3v) is 3.61. The molecule has 1 unspecified atom stereocenters. The molecule has 0 bridgehead atoms. The molecule has 1 aromatic heterocycles. The molecule has 1 heterocycles. The Kier molecular flexibility index (Phi) is 6.74. The number of nitrogens with two attached hydrogens (primary N) is 1. The van der Waals surface area contributed by atoms with Crippen LogP contribution in [0.3, 0.4) is 0 Å². The number of nitrogens with zero attached hydrogens (tertiary/aromatic N) is 1. The minimum absolute atomic E-state index is 0.000470. The van der Waals surface area contributed by atoms with E-state index in [2.05, 4.69) is 22.5 Å². The predicted octanol–water partition coefficient (Wildman–Crippen LogP) is 2.09. The molecule has 1 amide bonds. The molecule has 0 aliphatic carbocycles. The van der Waals surface area contributed by atoms with Gasteiger partial charge >= 0.3 is 0 Å². The molecule has 114 valence electrons. The molecule has 6 nitrogen and oxygen atoms in total. The average Bonchev–Trinajstić information content (AvgIpc) is 2.70. The van der Waals surface area contributed by atoms with E-state index < -0.39 is 0 Å². The largest absolute Gasteiger partial charge is 0.383 e. The SMILES string of the molecule is CCCC(COC)NC(=O)c1sc(NC(C)C)nc1N. The number of ether oxygens (including phenoxy) is 1. The van der Waals surface area contributed by atoms with Gasteiger partial charge in [-0.05, 0) is 20.3 Å². The number of thiazole rings is 1. The van der Waals surface area contributed by atoms with Crippen LogP contribution in [0.2, 0.25) is 0 Å². The first-order valence-corrected chi connectivity index (χ1v) is 7.62. The van der Waals surface area contributed by atoms with Gasteiger partial charge in [0.25, 0.3) is 5.91 Å². The fourth-order valence-corrected chi connectivity index (χ4v) is 2.73. The summed E-state index contributed by atoms with van der Waals surface area (Å²) >= 11 is 1.27. The molecule has 1 atom stereocenters. The van der Waals surface area contributed by atoms with Crippen LogP contribution >= 0.6 is 11.3 Å². The zero-order chi connectivity index (χ0) is 15.1. The van der Waals surface area contributed by atoms with Crippen LogP contribution in [0.5, 0.6) is 0 Å². The third kappa shape index (κ3) is 4.97. The lowest BCUT2D eigenvalue weighted by Gasteiger charge is -2.16. The van der Waals surface area contributed by atoms with Gasteiger partial charge in [0.1, 0.15) is 10.7 Å².